The Balaban J connectivity index is 1.97. The highest BCUT2D eigenvalue weighted by Crippen LogP contribution is 2.70. The fraction of sp³-hybridized carbons (Fsp3) is 0.964. The van der Waals surface area contributed by atoms with Crippen molar-refractivity contribution in [2.45, 2.75) is 126 Å². The first-order valence-corrected chi connectivity index (χ1v) is 12.9. The first-order valence-electron chi connectivity index (χ1n) is 12.9. The Bertz CT molecular complexity index is 656. The maximum atomic E-state index is 13.9. The molecule has 2 nitrogen and oxygen atoms in total. The van der Waals surface area contributed by atoms with Crippen molar-refractivity contribution >= 4 is 5.97 Å². The van der Waals surface area contributed by atoms with Crippen molar-refractivity contribution in [2.75, 3.05) is 0 Å². The quantitative estimate of drug-likeness (QED) is 0.408. The summed E-state index contributed by atoms with van der Waals surface area (Å²) < 4.78 is 6.80. The Kier molecular flexibility index (Phi) is 6.04. The van der Waals surface area contributed by atoms with Crippen molar-refractivity contribution in [2.24, 2.45) is 45.3 Å². The third-order valence-corrected chi connectivity index (χ3v) is 9.66. The van der Waals surface area contributed by atoms with Crippen molar-refractivity contribution in [3.63, 3.8) is 0 Å². The van der Waals surface area contributed by atoms with E-state index < -0.39 is 0 Å². The van der Waals surface area contributed by atoms with Crippen molar-refractivity contribution < 1.29 is 9.53 Å². The van der Waals surface area contributed by atoms with Crippen molar-refractivity contribution in [3.8, 4) is 0 Å². The molecule has 0 radical (unpaired) electrons. The largest absolute Gasteiger partial charge is 0.458 e. The summed E-state index contributed by atoms with van der Waals surface area (Å²) in [6, 6.07) is 0. The molecule has 0 aromatic rings. The van der Waals surface area contributed by atoms with Crippen LogP contribution in [0.3, 0.4) is 0 Å². The van der Waals surface area contributed by atoms with E-state index in [4.69, 9.17) is 4.74 Å². The summed E-state index contributed by atoms with van der Waals surface area (Å²) in [6.45, 7) is 23.1. The van der Waals surface area contributed by atoms with Crippen molar-refractivity contribution in [1.29, 1.82) is 0 Å². The van der Waals surface area contributed by atoms with Gasteiger partial charge in [0.2, 0.25) is 0 Å². The van der Waals surface area contributed by atoms with E-state index in [-0.39, 0.29) is 33.2 Å². The van der Waals surface area contributed by atoms with Crippen molar-refractivity contribution in [1.82, 2.24) is 0 Å². The molecule has 0 amide bonds. The molecule has 0 aromatic carbocycles. The van der Waals surface area contributed by atoms with Crippen LogP contribution in [0.25, 0.3) is 0 Å². The van der Waals surface area contributed by atoms with E-state index in [1.54, 1.807) is 0 Å². The van der Waals surface area contributed by atoms with Gasteiger partial charge >= 0.3 is 5.97 Å². The van der Waals surface area contributed by atoms with E-state index in [0.717, 1.165) is 31.1 Å². The monoisotopic (exact) mass is 418 g/mol. The fourth-order valence-electron chi connectivity index (χ4n) is 8.38. The molecule has 0 aliphatic heterocycles. The second-order valence-corrected chi connectivity index (χ2v) is 14.0. The Hall–Kier alpha value is -0.530. The topological polar surface area (TPSA) is 26.3 Å². The minimum Gasteiger partial charge on any atom is -0.458 e. The highest BCUT2D eigenvalue weighted by atomic mass is 16.6. The number of fused-ring (bicyclic) bond motifs is 2. The van der Waals surface area contributed by atoms with Crippen LogP contribution in [0.5, 0.6) is 0 Å². The molecule has 0 heterocycles. The predicted octanol–water partition coefficient (Wildman–Crippen LogP) is 8.04. The molecule has 174 valence electrons. The van der Waals surface area contributed by atoms with Gasteiger partial charge in [0, 0.05) is 5.41 Å². The van der Waals surface area contributed by atoms with Gasteiger partial charge in [0.05, 0.1) is 5.41 Å². The molecule has 3 aliphatic carbocycles. The average Bonchev–Trinajstić information content (AvgIpc) is 3.12. The lowest BCUT2D eigenvalue weighted by Gasteiger charge is -2.62. The average molecular weight is 419 g/mol. The maximum Gasteiger partial charge on any atom is 0.313 e. The number of esters is 1. The number of hydrogen-bond acceptors (Lipinski definition) is 2. The molecule has 3 rings (SSSR count). The van der Waals surface area contributed by atoms with Crippen LogP contribution in [0, 0.1) is 45.3 Å². The lowest BCUT2D eigenvalue weighted by molar-refractivity contribution is -0.218. The van der Waals surface area contributed by atoms with Gasteiger partial charge in [-0.3, -0.25) is 4.79 Å². The molecule has 6 atom stereocenters. The molecular formula is C28H50O2. The zero-order valence-electron chi connectivity index (χ0n) is 21.8. The first-order chi connectivity index (χ1) is 13.6. The SMILES string of the molecule is CCC(C)(OC(=O)C1(CC(C)(C)C)CC1(C)C)C12CCCC(CC(C)C1)C2C(C)C. The number of hydrogen-bond donors (Lipinski definition) is 0. The predicted molar refractivity (Wildman–Crippen MR) is 126 cm³/mol. The standard InChI is InChI=1S/C28H50O2/c1-11-26(10,30-23(29)28(17-24(5,6)7)18-25(28,8)9)27-14-12-13-21(15-20(4)16-27)22(27)19(2)3/h19-22H,11-18H2,1-10H3. The van der Waals surface area contributed by atoms with Crippen LogP contribution in [0.4, 0.5) is 0 Å². The Morgan fingerprint density at radius 2 is 1.77 bits per heavy atom. The molecule has 30 heavy (non-hydrogen) atoms. The third-order valence-electron chi connectivity index (χ3n) is 9.66. The van der Waals surface area contributed by atoms with Gasteiger partial charge in [-0.1, -0.05) is 75.2 Å². The molecule has 0 N–H and O–H groups in total. The van der Waals surface area contributed by atoms with E-state index in [9.17, 15) is 4.79 Å². The summed E-state index contributed by atoms with van der Waals surface area (Å²) in [4.78, 5) is 13.9. The molecule has 0 saturated heterocycles. The second-order valence-electron chi connectivity index (χ2n) is 14.0. The summed E-state index contributed by atoms with van der Waals surface area (Å²) in [7, 11) is 0. The number of rotatable bonds is 6. The Morgan fingerprint density at radius 1 is 1.17 bits per heavy atom. The van der Waals surface area contributed by atoms with E-state index in [0.29, 0.717) is 11.8 Å². The highest BCUT2D eigenvalue weighted by Gasteiger charge is 2.70. The van der Waals surface area contributed by atoms with Crippen LogP contribution >= 0.6 is 0 Å². The Morgan fingerprint density at radius 3 is 2.23 bits per heavy atom. The molecule has 3 aliphatic rings. The van der Waals surface area contributed by atoms with Crippen molar-refractivity contribution in [3.05, 3.63) is 0 Å². The number of carbonyl (C=O) groups excluding carboxylic acids is 1. The normalized spacial score (nSPS) is 40.0. The van der Waals surface area contributed by atoms with E-state index in [2.05, 4.69) is 69.2 Å². The molecule has 3 saturated carbocycles. The van der Waals surface area contributed by atoms with Gasteiger partial charge in [0.15, 0.2) is 0 Å². The Labute approximate surface area is 187 Å². The minimum absolute atomic E-state index is 0.0517. The molecule has 3 fully saturated rings. The third kappa shape index (κ3) is 3.77. The van der Waals surface area contributed by atoms with E-state index in [1.807, 2.05) is 0 Å². The first kappa shape index (κ1) is 24.1. The fourth-order valence-corrected chi connectivity index (χ4v) is 8.38. The zero-order valence-corrected chi connectivity index (χ0v) is 21.8. The molecule has 0 aromatic heterocycles. The van der Waals surface area contributed by atoms with Crippen LogP contribution in [0.2, 0.25) is 0 Å². The molecule has 6 unspecified atom stereocenters. The molecule has 2 bridgehead atoms. The van der Waals surface area contributed by atoms with Gasteiger partial charge in [0.25, 0.3) is 0 Å². The lowest BCUT2D eigenvalue weighted by atomic mass is 9.45. The lowest BCUT2D eigenvalue weighted by Crippen LogP contribution is -2.61. The van der Waals surface area contributed by atoms with Crippen LogP contribution < -0.4 is 0 Å². The van der Waals surface area contributed by atoms with Gasteiger partial charge in [-0.25, -0.2) is 0 Å². The highest BCUT2D eigenvalue weighted by molar-refractivity contribution is 5.82. The van der Waals surface area contributed by atoms with Crippen LogP contribution in [-0.4, -0.2) is 11.6 Å². The summed E-state index contributed by atoms with van der Waals surface area (Å²) in [6.07, 6.45) is 9.28. The van der Waals surface area contributed by atoms with Gasteiger partial charge in [-0.05, 0) is 80.0 Å². The van der Waals surface area contributed by atoms with Crippen LogP contribution in [-0.2, 0) is 9.53 Å². The van der Waals surface area contributed by atoms with E-state index >= 15 is 0 Å². The van der Waals surface area contributed by atoms with Crippen LogP contribution in [0.1, 0.15) is 121 Å². The van der Waals surface area contributed by atoms with Crippen LogP contribution in [0.15, 0.2) is 0 Å². The molecular weight excluding hydrogens is 368 g/mol. The van der Waals surface area contributed by atoms with Gasteiger partial charge in [-0.2, -0.15) is 0 Å². The van der Waals surface area contributed by atoms with Gasteiger partial charge in [-0.15, -0.1) is 0 Å². The zero-order chi connectivity index (χ0) is 22.8. The maximum absolute atomic E-state index is 13.9. The minimum atomic E-state index is -0.365. The molecule has 0 spiro atoms. The number of ether oxygens (including phenoxy) is 1. The van der Waals surface area contributed by atoms with Gasteiger partial charge in [0.1, 0.15) is 5.60 Å². The van der Waals surface area contributed by atoms with Gasteiger partial charge < -0.3 is 4.74 Å². The van der Waals surface area contributed by atoms with E-state index in [1.165, 1.54) is 32.1 Å². The number of carbonyl (C=O) groups is 1. The summed E-state index contributed by atoms with van der Waals surface area (Å²) in [5, 5.41) is 0. The molecule has 2 heteroatoms. The summed E-state index contributed by atoms with van der Waals surface area (Å²) in [5.41, 5.74) is -0.358. The smallest absolute Gasteiger partial charge is 0.313 e. The second kappa shape index (κ2) is 7.51. The summed E-state index contributed by atoms with van der Waals surface area (Å²) >= 11 is 0. The summed E-state index contributed by atoms with van der Waals surface area (Å²) in [5.74, 6) is 2.95.